The van der Waals surface area contributed by atoms with Crippen molar-refractivity contribution in [3.05, 3.63) is 95.5 Å². The van der Waals surface area contributed by atoms with Gasteiger partial charge in [-0.2, -0.15) is 0 Å². The zero-order valence-corrected chi connectivity index (χ0v) is 17.7. The number of nitrogens with zero attached hydrogens (tertiary/aromatic N) is 1. The number of hydrogen-bond donors (Lipinski definition) is 2. The molecule has 2 fully saturated rings. The Morgan fingerprint density at radius 2 is 1.71 bits per heavy atom. The van der Waals surface area contributed by atoms with E-state index in [1.165, 1.54) is 4.90 Å². The Morgan fingerprint density at radius 3 is 2.35 bits per heavy atom. The third kappa shape index (κ3) is 3.24. The molecule has 1 saturated carbocycles. The van der Waals surface area contributed by atoms with E-state index < -0.39 is 5.54 Å². The van der Waals surface area contributed by atoms with E-state index in [4.69, 9.17) is 17.0 Å². The summed E-state index contributed by atoms with van der Waals surface area (Å²) in [5.74, 6) is 0.165. The van der Waals surface area contributed by atoms with E-state index in [1.807, 2.05) is 72.8 Å². The fraction of sp³-hybridized carbons (Fsp3) is 0.154. The number of hydrogen-bond acceptors (Lipinski definition) is 2. The zero-order valence-electron chi connectivity index (χ0n) is 16.9. The largest absolute Gasteiger partial charge is 0.337 e. The van der Waals surface area contributed by atoms with E-state index in [0.717, 1.165) is 35.1 Å². The summed E-state index contributed by atoms with van der Waals surface area (Å²) in [7, 11) is 0. The van der Waals surface area contributed by atoms with E-state index in [-0.39, 0.29) is 17.8 Å². The van der Waals surface area contributed by atoms with E-state index in [9.17, 15) is 4.79 Å². The van der Waals surface area contributed by atoms with Crippen LogP contribution in [0.5, 0.6) is 0 Å². The highest BCUT2D eigenvalue weighted by atomic mass is 35.5. The summed E-state index contributed by atoms with van der Waals surface area (Å²) in [5, 5.41) is 12.5. The van der Waals surface area contributed by atoms with Crippen molar-refractivity contribution in [2.24, 2.45) is 5.92 Å². The van der Waals surface area contributed by atoms with Crippen LogP contribution in [0.1, 0.15) is 24.0 Å². The maximum absolute atomic E-state index is 13.9. The van der Waals surface area contributed by atoms with Crippen LogP contribution in [0.15, 0.2) is 79.4 Å². The van der Waals surface area contributed by atoms with Crippen LogP contribution >= 0.6 is 11.6 Å². The summed E-state index contributed by atoms with van der Waals surface area (Å²) >= 11 is 6.19. The lowest BCUT2D eigenvalue weighted by Gasteiger charge is -2.28. The number of carbonyl (C=O) groups excluding carboxylic acids is 1. The Hall–Kier alpha value is -3.37. The molecule has 5 heteroatoms. The van der Waals surface area contributed by atoms with Crippen molar-refractivity contribution in [2.45, 2.75) is 18.4 Å². The Bertz CT molecular complexity index is 1200. The summed E-state index contributed by atoms with van der Waals surface area (Å²) in [4.78, 5) is 15.3. The van der Waals surface area contributed by atoms with Gasteiger partial charge in [-0.05, 0) is 71.3 Å². The molecule has 2 aliphatic rings. The van der Waals surface area contributed by atoms with Crippen LogP contribution in [0.2, 0.25) is 5.02 Å². The molecule has 1 aliphatic carbocycles. The third-order valence-corrected chi connectivity index (χ3v) is 6.37. The molecule has 1 aliphatic heterocycles. The highest BCUT2D eigenvalue weighted by molar-refractivity contribution is 6.30. The topological polar surface area (TPSA) is 56.2 Å². The molecule has 1 unspecified atom stereocenters. The molecule has 0 radical (unpaired) electrons. The molecule has 0 spiro atoms. The third-order valence-electron chi connectivity index (χ3n) is 6.13. The van der Waals surface area contributed by atoms with Crippen molar-refractivity contribution in [1.82, 2.24) is 5.32 Å². The highest BCUT2D eigenvalue weighted by Gasteiger charge is 2.59. The monoisotopic (exact) mass is 427 g/mol. The van der Waals surface area contributed by atoms with Crippen molar-refractivity contribution in [3.63, 3.8) is 0 Å². The average Bonchev–Trinajstić information content (AvgIpc) is 3.60. The molecular weight excluding hydrogens is 406 g/mol. The van der Waals surface area contributed by atoms with Crippen LogP contribution in [-0.4, -0.2) is 11.9 Å². The van der Waals surface area contributed by atoms with Gasteiger partial charge in [0.25, 0.3) is 5.91 Å². The lowest BCUT2D eigenvalue weighted by Crippen LogP contribution is -2.46. The minimum atomic E-state index is -0.928. The van der Waals surface area contributed by atoms with Gasteiger partial charge in [0, 0.05) is 5.02 Å². The number of amides is 1. The van der Waals surface area contributed by atoms with Gasteiger partial charge in [0.2, 0.25) is 5.96 Å². The first-order valence-corrected chi connectivity index (χ1v) is 10.7. The predicted octanol–water partition coefficient (Wildman–Crippen LogP) is 5.83. The fourth-order valence-corrected chi connectivity index (χ4v) is 4.61. The summed E-state index contributed by atoms with van der Waals surface area (Å²) < 4.78 is 0. The molecule has 2 N–H and O–H groups in total. The van der Waals surface area contributed by atoms with E-state index in [0.29, 0.717) is 10.7 Å². The van der Waals surface area contributed by atoms with Gasteiger partial charge >= 0.3 is 0 Å². The van der Waals surface area contributed by atoms with Crippen LogP contribution in [-0.2, 0) is 10.3 Å². The second-order valence-corrected chi connectivity index (χ2v) is 8.52. The van der Waals surface area contributed by atoms with Gasteiger partial charge in [-0.3, -0.25) is 10.2 Å². The van der Waals surface area contributed by atoms with Gasteiger partial charge in [-0.1, -0.05) is 66.7 Å². The van der Waals surface area contributed by atoms with Crippen molar-refractivity contribution >= 4 is 35.2 Å². The van der Waals surface area contributed by atoms with Gasteiger partial charge in [-0.25, -0.2) is 4.90 Å². The van der Waals surface area contributed by atoms with E-state index in [2.05, 4.69) is 11.9 Å². The minimum absolute atomic E-state index is 0.102. The fourth-order valence-electron chi connectivity index (χ4n) is 4.42. The molecule has 4 nitrogen and oxygen atoms in total. The van der Waals surface area contributed by atoms with Crippen LogP contribution in [0, 0.1) is 11.3 Å². The Morgan fingerprint density at radius 1 is 1.03 bits per heavy atom. The molecule has 31 heavy (non-hydrogen) atoms. The predicted molar refractivity (Wildman–Crippen MR) is 126 cm³/mol. The standard InChI is InChI=1S/C26H22ClN3O/c1-2-17-9-13-23(14-10-17)30-24(31)26(20-11-12-20,29-25(30)28)21-7-3-5-18(15-21)19-6-4-8-22(27)16-19/h2-10,13-16,20H,1,11-12H2,(H2,28,29). The van der Waals surface area contributed by atoms with Crippen LogP contribution in [0.3, 0.4) is 0 Å². The van der Waals surface area contributed by atoms with Gasteiger partial charge in [0.15, 0.2) is 0 Å². The van der Waals surface area contributed by atoms with Crippen molar-refractivity contribution in [2.75, 3.05) is 4.90 Å². The molecule has 3 aromatic carbocycles. The number of rotatable bonds is 5. The smallest absolute Gasteiger partial charge is 0.264 e. The average molecular weight is 428 g/mol. The van der Waals surface area contributed by atoms with Crippen LogP contribution in [0.25, 0.3) is 17.2 Å². The SMILES string of the molecule is C=Cc1ccc(N2C(=N)NC(c3cccc(-c4cccc(Cl)c4)c3)(C3CC3)C2=O)cc1. The normalized spacial score (nSPS) is 20.6. The second-order valence-electron chi connectivity index (χ2n) is 8.08. The molecular formula is C26H22ClN3O. The second kappa shape index (κ2) is 7.40. The number of benzene rings is 3. The lowest BCUT2D eigenvalue weighted by molar-refractivity contribution is -0.123. The summed E-state index contributed by atoms with van der Waals surface area (Å²) in [6.45, 7) is 3.78. The summed E-state index contributed by atoms with van der Waals surface area (Å²) in [6, 6.07) is 23.2. The lowest BCUT2D eigenvalue weighted by atomic mass is 9.83. The zero-order chi connectivity index (χ0) is 21.6. The van der Waals surface area contributed by atoms with Crippen molar-refractivity contribution < 1.29 is 4.79 Å². The summed E-state index contributed by atoms with van der Waals surface area (Å²) in [5.41, 5.74) is 3.60. The molecule has 1 saturated heterocycles. The molecule has 5 rings (SSSR count). The number of carbonyl (C=O) groups is 1. The minimum Gasteiger partial charge on any atom is -0.337 e. The maximum atomic E-state index is 13.9. The number of guanidine groups is 1. The molecule has 1 atom stereocenters. The molecule has 1 amide bonds. The Labute approximate surface area is 186 Å². The molecule has 1 heterocycles. The first kappa shape index (κ1) is 19.6. The Balaban J connectivity index is 1.58. The molecule has 0 bridgehead atoms. The first-order valence-electron chi connectivity index (χ1n) is 10.3. The maximum Gasteiger partial charge on any atom is 0.264 e. The van der Waals surface area contributed by atoms with Crippen LogP contribution in [0.4, 0.5) is 5.69 Å². The number of anilines is 1. The van der Waals surface area contributed by atoms with Crippen LogP contribution < -0.4 is 10.2 Å². The van der Waals surface area contributed by atoms with Gasteiger partial charge < -0.3 is 5.32 Å². The van der Waals surface area contributed by atoms with Gasteiger partial charge in [-0.15, -0.1) is 0 Å². The number of halogens is 1. The molecule has 154 valence electrons. The number of nitrogens with one attached hydrogen (secondary N) is 2. The summed E-state index contributed by atoms with van der Waals surface area (Å²) in [6.07, 6.45) is 3.67. The van der Waals surface area contributed by atoms with Gasteiger partial charge in [0.05, 0.1) is 5.69 Å². The quantitative estimate of drug-likeness (QED) is 0.538. The molecule has 3 aromatic rings. The Kier molecular flexibility index (Phi) is 4.67. The van der Waals surface area contributed by atoms with Crippen molar-refractivity contribution in [3.8, 4) is 11.1 Å². The van der Waals surface area contributed by atoms with E-state index >= 15 is 0 Å². The van der Waals surface area contributed by atoms with Gasteiger partial charge in [0.1, 0.15) is 5.54 Å². The van der Waals surface area contributed by atoms with E-state index in [1.54, 1.807) is 6.08 Å². The first-order chi connectivity index (χ1) is 15.0. The molecule has 0 aromatic heterocycles. The highest BCUT2D eigenvalue weighted by Crippen LogP contribution is 2.50. The van der Waals surface area contributed by atoms with Crippen molar-refractivity contribution in [1.29, 1.82) is 5.41 Å².